The lowest BCUT2D eigenvalue weighted by Crippen LogP contribution is -2.39. The fourth-order valence-electron chi connectivity index (χ4n) is 2.85. The Labute approximate surface area is 118 Å². The van der Waals surface area contributed by atoms with Gasteiger partial charge < -0.3 is 10.0 Å². The maximum atomic E-state index is 12.6. The van der Waals surface area contributed by atoms with Crippen LogP contribution < -0.4 is 4.90 Å². The number of carboxylic acids is 1. The van der Waals surface area contributed by atoms with E-state index in [-0.39, 0.29) is 17.7 Å². The summed E-state index contributed by atoms with van der Waals surface area (Å²) in [5, 5.41) is 9.12. The Hall–Kier alpha value is -1.91. The van der Waals surface area contributed by atoms with E-state index in [0.717, 1.165) is 18.5 Å². The Morgan fingerprint density at radius 3 is 2.55 bits per heavy atom. The Morgan fingerprint density at radius 1 is 1.30 bits per heavy atom. The normalized spacial score (nSPS) is 22.2. The second-order valence-corrected chi connectivity index (χ2v) is 5.19. The molecule has 0 spiro atoms. The minimum absolute atomic E-state index is 0.0321. The molecule has 5 nitrogen and oxygen atoms in total. The molecule has 1 aromatic rings. The minimum Gasteiger partial charge on any atom is -0.481 e. The van der Waals surface area contributed by atoms with E-state index >= 15 is 0 Å². The van der Waals surface area contributed by atoms with Gasteiger partial charge in [-0.2, -0.15) is 0 Å². The molecule has 0 bridgehead atoms. The van der Waals surface area contributed by atoms with E-state index in [9.17, 15) is 9.59 Å². The Morgan fingerprint density at radius 2 is 1.95 bits per heavy atom. The first-order chi connectivity index (χ1) is 9.63. The number of anilines is 1. The van der Waals surface area contributed by atoms with Gasteiger partial charge in [0.1, 0.15) is 0 Å². The monoisotopic (exact) mass is 276 g/mol. The summed E-state index contributed by atoms with van der Waals surface area (Å²) in [4.78, 5) is 29.4. The zero-order chi connectivity index (χ0) is 14.5. The van der Waals surface area contributed by atoms with Crippen LogP contribution in [0.5, 0.6) is 0 Å². The summed E-state index contributed by atoms with van der Waals surface area (Å²) in [7, 11) is 0. The van der Waals surface area contributed by atoms with Crippen LogP contribution in [0.4, 0.5) is 5.69 Å². The van der Waals surface area contributed by atoms with Crippen LogP contribution in [0, 0.1) is 11.8 Å². The van der Waals surface area contributed by atoms with Crippen LogP contribution in [-0.4, -0.2) is 28.5 Å². The highest BCUT2D eigenvalue weighted by molar-refractivity contribution is 5.95. The Kier molecular flexibility index (Phi) is 4.71. The van der Waals surface area contributed by atoms with Gasteiger partial charge in [0.15, 0.2) is 0 Å². The maximum absolute atomic E-state index is 12.6. The topological polar surface area (TPSA) is 70.5 Å². The summed E-state index contributed by atoms with van der Waals surface area (Å²) in [5.41, 5.74) is 0.824. The average molecular weight is 276 g/mol. The van der Waals surface area contributed by atoms with Crippen LogP contribution in [-0.2, 0) is 9.59 Å². The van der Waals surface area contributed by atoms with Crippen molar-refractivity contribution in [2.45, 2.75) is 32.6 Å². The van der Waals surface area contributed by atoms with Crippen molar-refractivity contribution in [2.24, 2.45) is 11.8 Å². The molecule has 1 N–H and O–H groups in total. The van der Waals surface area contributed by atoms with E-state index in [0.29, 0.717) is 19.4 Å². The largest absolute Gasteiger partial charge is 0.481 e. The number of aliphatic carboxylic acids is 1. The molecule has 1 saturated carbocycles. The number of hydrogen-bond donors (Lipinski definition) is 1. The fraction of sp³-hybridized carbons (Fsp3) is 0.533. The molecule has 2 atom stereocenters. The van der Waals surface area contributed by atoms with Crippen LogP contribution in [0.2, 0.25) is 0 Å². The summed E-state index contributed by atoms with van der Waals surface area (Å²) < 4.78 is 0. The molecular weight excluding hydrogens is 256 g/mol. The van der Waals surface area contributed by atoms with Crippen LogP contribution in [0.25, 0.3) is 0 Å². The lowest BCUT2D eigenvalue weighted by Gasteiger charge is -2.30. The van der Waals surface area contributed by atoms with Gasteiger partial charge in [-0.05, 0) is 38.3 Å². The molecule has 0 aliphatic heterocycles. The standard InChI is InChI=1S/C15H20N2O3/c1-2-17(13-6-8-16-9-7-13)14(18)11-4-3-5-12(10-11)15(19)20/h6-9,11-12H,2-5,10H2,1H3,(H,19,20). The Balaban J connectivity index is 2.11. The predicted molar refractivity (Wildman–Crippen MR) is 75.3 cm³/mol. The third-order valence-electron chi connectivity index (χ3n) is 3.93. The van der Waals surface area contributed by atoms with Crippen molar-refractivity contribution >= 4 is 17.6 Å². The summed E-state index contributed by atoms with van der Waals surface area (Å²) in [5.74, 6) is -1.31. The average Bonchev–Trinajstić information content (AvgIpc) is 2.49. The van der Waals surface area contributed by atoms with Gasteiger partial charge in [0.25, 0.3) is 0 Å². The van der Waals surface area contributed by atoms with Crippen molar-refractivity contribution in [3.8, 4) is 0 Å². The molecule has 0 radical (unpaired) electrons. The summed E-state index contributed by atoms with van der Waals surface area (Å²) >= 11 is 0. The van der Waals surface area contributed by atoms with Gasteiger partial charge in [-0.15, -0.1) is 0 Å². The van der Waals surface area contributed by atoms with Gasteiger partial charge in [0.2, 0.25) is 5.91 Å². The lowest BCUT2D eigenvalue weighted by molar-refractivity contribution is -0.143. The van der Waals surface area contributed by atoms with Crippen molar-refractivity contribution in [2.75, 3.05) is 11.4 Å². The number of rotatable bonds is 4. The SMILES string of the molecule is CCN(C(=O)C1CCCC(C(=O)O)C1)c1ccncc1. The zero-order valence-electron chi connectivity index (χ0n) is 11.7. The van der Waals surface area contributed by atoms with E-state index in [4.69, 9.17) is 5.11 Å². The first kappa shape index (κ1) is 14.5. The summed E-state index contributed by atoms with van der Waals surface area (Å²) in [6, 6.07) is 3.61. The molecule has 108 valence electrons. The predicted octanol–water partition coefficient (Wildman–Crippen LogP) is 2.33. The molecule has 2 rings (SSSR count). The molecule has 0 saturated heterocycles. The molecule has 1 aromatic heterocycles. The van der Waals surface area contributed by atoms with Gasteiger partial charge >= 0.3 is 5.97 Å². The number of aromatic nitrogens is 1. The van der Waals surface area contributed by atoms with Crippen molar-refractivity contribution in [1.82, 2.24) is 4.98 Å². The molecule has 0 aromatic carbocycles. The molecule has 1 aliphatic rings. The quantitative estimate of drug-likeness (QED) is 0.916. The highest BCUT2D eigenvalue weighted by atomic mass is 16.4. The van der Waals surface area contributed by atoms with E-state index in [2.05, 4.69) is 4.98 Å². The maximum Gasteiger partial charge on any atom is 0.306 e. The van der Waals surface area contributed by atoms with E-state index in [1.165, 1.54) is 0 Å². The third-order valence-corrected chi connectivity index (χ3v) is 3.93. The van der Waals surface area contributed by atoms with Gasteiger partial charge in [-0.1, -0.05) is 6.42 Å². The summed E-state index contributed by atoms with van der Waals surface area (Å²) in [6.45, 7) is 2.51. The Bertz CT molecular complexity index is 475. The number of amides is 1. The number of pyridine rings is 1. The van der Waals surface area contributed by atoms with Crippen molar-refractivity contribution < 1.29 is 14.7 Å². The fourth-order valence-corrected chi connectivity index (χ4v) is 2.85. The van der Waals surface area contributed by atoms with Crippen molar-refractivity contribution in [1.29, 1.82) is 0 Å². The third kappa shape index (κ3) is 3.15. The van der Waals surface area contributed by atoms with Crippen LogP contribution >= 0.6 is 0 Å². The summed E-state index contributed by atoms with van der Waals surface area (Å²) in [6.07, 6.45) is 6.04. The number of carboxylic acid groups (broad SMARTS) is 1. The number of carbonyl (C=O) groups is 2. The van der Waals surface area contributed by atoms with Crippen molar-refractivity contribution in [3.63, 3.8) is 0 Å². The first-order valence-corrected chi connectivity index (χ1v) is 7.07. The highest BCUT2D eigenvalue weighted by Gasteiger charge is 2.33. The molecule has 20 heavy (non-hydrogen) atoms. The van der Waals surface area contributed by atoms with E-state index in [1.54, 1.807) is 29.4 Å². The second-order valence-electron chi connectivity index (χ2n) is 5.19. The molecule has 5 heteroatoms. The minimum atomic E-state index is -0.783. The molecule has 2 unspecified atom stereocenters. The second kappa shape index (κ2) is 6.50. The van der Waals surface area contributed by atoms with Crippen LogP contribution in [0.1, 0.15) is 32.6 Å². The molecular formula is C15H20N2O3. The molecule has 1 fully saturated rings. The first-order valence-electron chi connectivity index (χ1n) is 7.07. The number of hydrogen-bond acceptors (Lipinski definition) is 3. The van der Waals surface area contributed by atoms with Crippen LogP contribution in [0.15, 0.2) is 24.5 Å². The molecule has 1 aliphatic carbocycles. The van der Waals surface area contributed by atoms with Crippen LogP contribution in [0.3, 0.4) is 0 Å². The van der Waals surface area contributed by atoms with Gasteiger partial charge in [0.05, 0.1) is 5.92 Å². The lowest BCUT2D eigenvalue weighted by atomic mass is 9.80. The highest BCUT2D eigenvalue weighted by Crippen LogP contribution is 2.31. The van der Waals surface area contributed by atoms with Crippen molar-refractivity contribution in [3.05, 3.63) is 24.5 Å². The molecule has 1 amide bonds. The van der Waals surface area contributed by atoms with Gasteiger partial charge in [0, 0.05) is 30.5 Å². The number of nitrogens with zero attached hydrogens (tertiary/aromatic N) is 2. The molecule has 1 heterocycles. The van der Waals surface area contributed by atoms with E-state index in [1.807, 2.05) is 6.92 Å². The van der Waals surface area contributed by atoms with Gasteiger partial charge in [-0.25, -0.2) is 0 Å². The number of carbonyl (C=O) groups excluding carboxylic acids is 1. The smallest absolute Gasteiger partial charge is 0.306 e. The zero-order valence-corrected chi connectivity index (χ0v) is 11.7. The van der Waals surface area contributed by atoms with Gasteiger partial charge in [-0.3, -0.25) is 14.6 Å². The van der Waals surface area contributed by atoms with E-state index < -0.39 is 5.97 Å².